The minimum Gasteiger partial charge on any atom is -0.388 e. The van der Waals surface area contributed by atoms with Gasteiger partial charge in [-0.2, -0.15) is 0 Å². The highest BCUT2D eigenvalue weighted by Gasteiger charge is 2.21. The molecule has 1 heterocycles. The first-order chi connectivity index (χ1) is 8.66. The summed E-state index contributed by atoms with van der Waals surface area (Å²) < 4.78 is 5.58. The number of likely N-dealkylation sites (N-methyl/N-ethyl adjacent to an activating group) is 1. The van der Waals surface area contributed by atoms with Crippen molar-refractivity contribution >= 4 is 23.2 Å². The van der Waals surface area contributed by atoms with E-state index in [0.717, 1.165) is 19.1 Å². The van der Waals surface area contributed by atoms with Crippen LogP contribution in [-0.4, -0.2) is 41.8 Å². The molecule has 0 bridgehead atoms. The van der Waals surface area contributed by atoms with Crippen LogP contribution < -0.4 is 10.6 Å². The summed E-state index contributed by atoms with van der Waals surface area (Å²) in [6.45, 7) is 2.32. The van der Waals surface area contributed by atoms with Crippen LogP contribution in [0.25, 0.3) is 0 Å². The van der Waals surface area contributed by atoms with Crippen molar-refractivity contribution in [1.29, 1.82) is 0 Å². The maximum absolute atomic E-state index is 5.58. The van der Waals surface area contributed by atoms with Crippen LogP contribution in [-0.2, 0) is 4.74 Å². The van der Waals surface area contributed by atoms with Crippen molar-refractivity contribution in [2.75, 3.05) is 31.7 Å². The van der Waals surface area contributed by atoms with Crippen LogP contribution in [0.4, 0.5) is 5.95 Å². The Kier molecular flexibility index (Phi) is 4.43. The SMILES string of the molecule is CN(CCOCC1CC1)c1nccc(C(N)=S)n1. The number of anilines is 1. The number of ether oxygens (including phenoxy) is 1. The Balaban J connectivity index is 1.81. The summed E-state index contributed by atoms with van der Waals surface area (Å²) >= 11 is 4.89. The van der Waals surface area contributed by atoms with E-state index in [2.05, 4.69) is 9.97 Å². The Hall–Kier alpha value is -1.27. The van der Waals surface area contributed by atoms with Gasteiger partial charge in [-0.05, 0) is 24.8 Å². The third kappa shape index (κ3) is 3.89. The number of rotatable bonds is 7. The van der Waals surface area contributed by atoms with Gasteiger partial charge in [0.2, 0.25) is 5.95 Å². The number of nitrogens with two attached hydrogens (primary N) is 1. The third-order valence-corrected chi connectivity index (χ3v) is 3.07. The summed E-state index contributed by atoms with van der Waals surface area (Å²) in [7, 11) is 1.93. The van der Waals surface area contributed by atoms with Gasteiger partial charge in [-0.3, -0.25) is 0 Å². The summed E-state index contributed by atoms with van der Waals surface area (Å²) in [5.41, 5.74) is 6.14. The van der Waals surface area contributed by atoms with Crippen molar-refractivity contribution in [2.45, 2.75) is 12.8 Å². The highest BCUT2D eigenvalue weighted by molar-refractivity contribution is 7.80. The van der Waals surface area contributed by atoms with Crippen LogP contribution in [0.1, 0.15) is 18.5 Å². The van der Waals surface area contributed by atoms with E-state index in [-0.39, 0.29) is 4.99 Å². The van der Waals surface area contributed by atoms with E-state index < -0.39 is 0 Å². The largest absolute Gasteiger partial charge is 0.388 e. The molecule has 0 radical (unpaired) electrons. The van der Waals surface area contributed by atoms with Crippen molar-refractivity contribution < 1.29 is 4.74 Å². The van der Waals surface area contributed by atoms with Gasteiger partial charge < -0.3 is 15.4 Å². The summed E-state index contributed by atoms with van der Waals surface area (Å²) in [5.74, 6) is 1.42. The second-order valence-corrected chi connectivity index (χ2v) is 4.99. The average Bonchev–Trinajstić information content (AvgIpc) is 3.18. The molecule has 5 nitrogen and oxygen atoms in total. The molecule has 0 unspecified atom stereocenters. The first kappa shape index (κ1) is 13.2. The van der Waals surface area contributed by atoms with E-state index in [1.54, 1.807) is 12.3 Å². The van der Waals surface area contributed by atoms with Gasteiger partial charge in [0.15, 0.2) is 0 Å². The molecule has 0 atom stereocenters. The van der Waals surface area contributed by atoms with Crippen LogP contribution >= 0.6 is 12.2 Å². The van der Waals surface area contributed by atoms with Crippen molar-refractivity contribution in [1.82, 2.24) is 9.97 Å². The van der Waals surface area contributed by atoms with E-state index in [1.165, 1.54) is 12.8 Å². The van der Waals surface area contributed by atoms with Crippen LogP contribution in [0.3, 0.4) is 0 Å². The smallest absolute Gasteiger partial charge is 0.225 e. The Morgan fingerprint density at radius 2 is 2.39 bits per heavy atom. The third-order valence-electron chi connectivity index (χ3n) is 2.86. The van der Waals surface area contributed by atoms with E-state index in [9.17, 15) is 0 Å². The molecule has 1 saturated carbocycles. The fourth-order valence-corrected chi connectivity index (χ4v) is 1.62. The molecule has 1 aromatic heterocycles. The zero-order valence-electron chi connectivity index (χ0n) is 10.5. The topological polar surface area (TPSA) is 64.3 Å². The first-order valence-corrected chi connectivity index (χ1v) is 6.49. The molecule has 0 aliphatic heterocycles. The Morgan fingerprint density at radius 3 is 3.06 bits per heavy atom. The van der Waals surface area contributed by atoms with Crippen LogP contribution in [0.5, 0.6) is 0 Å². The molecule has 1 aromatic rings. The van der Waals surface area contributed by atoms with E-state index in [1.807, 2.05) is 11.9 Å². The fraction of sp³-hybridized carbons (Fsp3) is 0.583. The Labute approximate surface area is 112 Å². The predicted octanol–water partition coefficient (Wildman–Crippen LogP) is 0.974. The molecule has 2 N–H and O–H groups in total. The number of thiocarbonyl (C=S) groups is 1. The predicted molar refractivity (Wildman–Crippen MR) is 74.7 cm³/mol. The van der Waals surface area contributed by atoms with Crippen molar-refractivity contribution in [3.05, 3.63) is 18.0 Å². The van der Waals surface area contributed by atoms with Crippen LogP contribution in [0.2, 0.25) is 0 Å². The fourth-order valence-electron chi connectivity index (χ4n) is 1.51. The molecule has 1 aliphatic rings. The van der Waals surface area contributed by atoms with Crippen molar-refractivity contribution in [3.63, 3.8) is 0 Å². The molecule has 98 valence electrons. The zero-order chi connectivity index (χ0) is 13.0. The molecule has 1 fully saturated rings. The second-order valence-electron chi connectivity index (χ2n) is 4.55. The van der Waals surface area contributed by atoms with Gasteiger partial charge in [0.25, 0.3) is 0 Å². The molecule has 2 rings (SSSR count). The monoisotopic (exact) mass is 266 g/mol. The maximum atomic E-state index is 5.58. The van der Waals surface area contributed by atoms with E-state index >= 15 is 0 Å². The minimum absolute atomic E-state index is 0.289. The zero-order valence-corrected chi connectivity index (χ0v) is 11.3. The Morgan fingerprint density at radius 1 is 1.61 bits per heavy atom. The average molecular weight is 266 g/mol. The lowest BCUT2D eigenvalue weighted by Gasteiger charge is -2.17. The number of hydrogen-bond donors (Lipinski definition) is 1. The standard InChI is InChI=1S/C12H18N4OS/c1-16(6-7-17-8-9-2-3-9)12-14-5-4-10(15-12)11(13)18/h4-5,9H,2-3,6-8H2,1H3,(H2,13,18). The van der Waals surface area contributed by atoms with Crippen molar-refractivity contribution in [3.8, 4) is 0 Å². The lowest BCUT2D eigenvalue weighted by Crippen LogP contribution is -2.26. The van der Waals surface area contributed by atoms with Gasteiger partial charge in [-0.15, -0.1) is 0 Å². The summed E-state index contributed by atoms with van der Waals surface area (Å²) in [5, 5.41) is 0. The van der Waals surface area contributed by atoms with Gasteiger partial charge in [-0.25, -0.2) is 9.97 Å². The quantitative estimate of drug-likeness (QED) is 0.586. The molecular weight excluding hydrogens is 248 g/mol. The van der Waals surface area contributed by atoms with E-state index in [0.29, 0.717) is 18.2 Å². The normalized spacial score (nSPS) is 14.5. The maximum Gasteiger partial charge on any atom is 0.225 e. The molecule has 0 saturated heterocycles. The first-order valence-electron chi connectivity index (χ1n) is 6.08. The van der Waals surface area contributed by atoms with Gasteiger partial charge in [-0.1, -0.05) is 12.2 Å². The molecule has 0 aromatic carbocycles. The molecule has 6 heteroatoms. The van der Waals surface area contributed by atoms with E-state index in [4.69, 9.17) is 22.7 Å². The highest BCUT2D eigenvalue weighted by atomic mass is 32.1. The van der Waals surface area contributed by atoms with Gasteiger partial charge >= 0.3 is 0 Å². The summed E-state index contributed by atoms with van der Waals surface area (Å²) in [4.78, 5) is 10.7. The minimum atomic E-state index is 0.289. The molecule has 18 heavy (non-hydrogen) atoms. The number of aromatic nitrogens is 2. The lowest BCUT2D eigenvalue weighted by atomic mass is 10.4. The lowest BCUT2D eigenvalue weighted by molar-refractivity contribution is 0.130. The van der Waals surface area contributed by atoms with Crippen LogP contribution in [0, 0.1) is 5.92 Å². The van der Waals surface area contributed by atoms with Gasteiger partial charge in [0, 0.05) is 26.4 Å². The molecular formula is C12H18N4OS. The van der Waals surface area contributed by atoms with Crippen molar-refractivity contribution in [2.24, 2.45) is 11.7 Å². The number of nitrogens with zero attached hydrogens (tertiary/aromatic N) is 3. The van der Waals surface area contributed by atoms with Crippen LogP contribution in [0.15, 0.2) is 12.3 Å². The molecule has 1 aliphatic carbocycles. The van der Waals surface area contributed by atoms with Gasteiger partial charge in [0.05, 0.1) is 6.61 Å². The summed E-state index contributed by atoms with van der Waals surface area (Å²) in [6, 6.07) is 1.71. The molecule has 0 amide bonds. The highest BCUT2D eigenvalue weighted by Crippen LogP contribution is 2.28. The summed E-state index contributed by atoms with van der Waals surface area (Å²) in [6.07, 6.45) is 4.29. The molecule has 0 spiro atoms. The second kappa shape index (κ2) is 6.06. The number of hydrogen-bond acceptors (Lipinski definition) is 5. The Bertz CT molecular complexity index is 422. The van der Waals surface area contributed by atoms with Gasteiger partial charge in [0.1, 0.15) is 10.7 Å².